The van der Waals surface area contributed by atoms with Gasteiger partial charge >= 0.3 is 5.97 Å². The molecule has 1 saturated heterocycles. The number of nitrogens with one attached hydrogen (secondary N) is 1. The monoisotopic (exact) mass is 531 g/mol. The van der Waals surface area contributed by atoms with Gasteiger partial charge in [-0.05, 0) is 49.7 Å². The number of ether oxygens (including phenoxy) is 1. The first-order valence-corrected chi connectivity index (χ1v) is 14.1. The summed E-state index contributed by atoms with van der Waals surface area (Å²) < 4.78 is 5.21. The molecule has 0 spiro atoms. The number of carbonyl (C=O) groups is 3. The normalized spacial score (nSPS) is 17.2. The first kappa shape index (κ1) is 29.9. The maximum Gasteiger partial charge on any atom is 0.328 e. The summed E-state index contributed by atoms with van der Waals surface area (Å²) in [7, 11) is 0. The minimum atomic E-state index is -0.814. The van der Waals surface area contributed by atoms with E-state index in [9.17, 15) is 19.6 Å². The summed E-state index contributed by atoms with van der Waals surface area (Å²) in [6.07, 6.45) is 4.00. The van der Waals surface area contributed by atoms with Crippen molar-refractivity contribution in [2.75, 3.05) is 13.2 Å². The van der Waals surface area contributed by atoms with Gasteiger partial charge in [0, 0.05) is 19.4 Å². The van der Waals surface area contributed by atoms with Crippen LogP contribution in [0.3, 0.4) is 0 Å². The lowest BCUT2D eigenvalue weighted by Gasteiger charge is -2.31. The molecule has 0 bridgehead atoms. The predicted molar refractivity (Wildman–Crippen MR) is 150 cm³/mol. The van der Waals surface area contributed by atoms with Crippen molar-refractivity contribution in [2.24, 2.45) is 5.92 Å². The van der Waals surface area contributed by atoms with Crippen molar-refractivity contribution in [1.29, 1.82) is 5.26 Å². The van der Waals surface area contributed by atoms with Crippen LogP contribution in [0.25, 0.3) is 0 Å². The number of esters is 1. The SMILES string of the molecule is CCOC(=O)C(Cc1ccccc1)NC(=O)[C@H]1CCCN1C(=O)CCCCC(C#N)(c1ccccc1)C(C)C. The Morgan fingerprint density at radius 3 is 2.36 bits per heavy atom. The van der Waals surface area contributed by atoms with Crippen molar-refractivity contribution in [2.45, 2.75) is 83.2 Å². The highest BCUT2D eigenvalue weighted by Crippen LogP contribution is 2.37. The lowest BCUT2D eigenvalue weighted by atomic mass is 9.69. The summed E-state index contributed by atoms with van der Waals surface area (Å²) >= 11 is 0. The molecule has 3 atom stereocenters. The summed E-state index contributed by atoms with van der Waals surface area (Å²) in [6, 6.07) is 20.5. The minimum Gasteiger partial charge on any atom is -0.464 e. The highest BCUT2D eigenvalue weighted by atomic mass is 16.5. The van der Waals surface area contributed by atoms with Crippen LogP contribution >= 0.6 is 0 Å². The van der Waals surface area contributed by atoms with E-state index in [1.54, 1.807) is 11.8 Å². The molecule has 2 amide bonds. The van der Waals surface area contributed by atoms with Crippen LogP contribution in [0.4, 0.5) is 0 Å². The quantitative estimate of drug-likeness (QED) is 0.291. The number of nitriles is 1. The number of amides is 2. The number of rotatable bonds is 13. The van der Waals surface area contributed by atoms with Gasteiger partial charge in [-0.1, -0.05) is 80.9 Å². The molecule has 1 N–H and O–H groups in total. The van der Waals surface area contributed by atoms with Crippen LogP contribution < -0.4 is 5.32 Å². The second-order valence-electron chi connectivity index (χ2n) is 10.6. The Balaban J connectivity index is 1.58. The Kier molecular flexibility index (Phi) is 11.1. The molecule has 3 rings (SSSR count). The van der Waals surface area contributed by atoms with Crippen LogP contribution in [0, 0.1) is 17.2 Å². The lowest BCUT2D eigenvalue weighted by Crippen LogP contribution is -2.51. The molecule has 2 aromatic carbocycles. The Bertz CT molecular complexity index is 1130. The van der Waals surface area contributed by atoms with Crippen LogP contribution in [0.15, 0.2) is 60.7 Å². The third-order valence-electron chi connectivity index (χ3n) is 7.73. The molecule has 0 aliphatic carbocycles. The van der Waals surface area contributed by atoms with Gasteiger partial charge in [-0.15, -0.1) is 0 Å². The third kappa shape index (κ3) is 7.69. The van der Waals surface area contributed by atoms with E-state index in [0.717, 1.165) is 24.0 Å². The number of carbonyl (C=O) groups excluding carboxylic acids is 3. The van der Waals surface area contributed by atoms with E-state index in [4.69, 9.17) is 4.74 Å². The highest BCUT2D eigenvalue weighted by molar-refractivity contribution is 5.91. The standard InChI is InChI=1S/C32H41N3O4/c1-4-39-31(38)27(22-25-14-7-5-8-15-25)34-30(37)28-18-13-21-35(28)29(36)19-11-12-20-32(23-33,24(2)3)26-16-9-6-10-17-26/h5-10,14-17,24,27-28H,4,11-13,18-22H2,1-3H3,(H,34,37)/t27?,28-,32?/m1/s1. The maximum atomic E-state index is 13.3. The first-order chi connectivity index (χ1) is 18.8. The Labute approximate surface area is 232 Å². The van der Waals surface area contributed by atoms with Gasteiger partial charge in [-0.3, -0.25) is 9.59 Å². The van der Waals surface area contributed by atoms with Crippen LogP contribution in [-0.2, 0) is 31.0 Å². The van der Waals surface area contributed by atoms with Crippen LogP contribution in [-0.4, -0.2) is 47.9 Å². The average Bonchev–Trinajstić information content (AvgIpc) is 3.44. The smallest absolute Gasteiger partial charge is 0.328 e. The zero-order chi connectivity index (χ0) is 28.3. The van der Waals surface area contributed by atoms with Gasteiger partial charge in [0.2, 0.25) is 11.8 Å². The molecule has 39 heavy (non-hydrogen) atoms. The van der Waals surface area contributed by atoms with E-state index in [-0.39, 0.29) is 24.3 Å². The van der Waals surface area contributed by atoms with Gasteiger partial charge in [0.25, 0.3) is 0 Å². The number of benzene rings is 2. The molecular formula is C32H41N3O4. The van der Waals surface area contributed by atoms with Gasteiger partial charge in [-0.2, -0.15) is 5.26 Å². The Hall–Kier alpha value is -3.66. The molecule has 2 unspecified atom stereocenters. The van der Waals surface area contributed by atoms with E-state index in [1.807, 2.05) is 60.7 Å². The van der Waals surface area contributed by atoms with E-state index < -0.39 is 23.5 Å². The topological polar surface area (TPSA) is 99.5 Å². The molecule has 2 aromatic rings. The molecule has 1 aliphatic rings. The summed E-state index contributed by atoms with van der Waals surface area (Å²) in [4.78, 5) is 40.7. The van der Waals surface area contributed by atoms with Gasteiger partial charge in [0.15, 0.2) is 0 Å². The van der Waals surface area contributed by atoms with Gasteiger partial charge < -0.3 is 15.0 Å². The molecular weight excluding hydrogens is 490 g/mol. The van der Waals surface area contributed by atoms with Crippen LogP contribution in [0.5, 0.6) is 0 Å². The van der Waals surface area contributed by atoms with Crippen molar-refractivity contribution >= 4 is 17.8 Å². The fourth-order valence-electron chi connectivity index (χ4n) is 5.47. The number of hydrogen-bond acceptors (Lipinski definition) is 5. The number of nitrogens with zero attached hydrogens (tertiary/aromatic N) is 2. The lowest BCUT2D eigenvalue weighted by molar-refractivity contribution is -0.148. The molecule has 0 saturated carbocycles. The summed E-state index contributed by atoms with van der Waals surface area (Å²) in [5.41, 5.74) is 1.33. The van der Waals surface area contributed by atoms with Crippen molar-refractivity contribution in [3.05, 3.63) is 71.8 Å². The predicted octanol–water partition coefficient (Wildman–Crippen LogP) is 4.95. The van der Waals surface area contributed by atoms with Gasteiger partial charge in [0.1, 0.15) is 12.1 Å². The molecule has 1 aliphatic heterocycles. The largest absolute Gasteiger partial charge is 0.464 e. The molecule has 7 nitrogen and oxygen atoms in total. The van der Waals surface area contributed by atoms with E-state index in [2.05, 4.69) is 25.2 Å². The third-order valence-corrected chi connectivity index (χ3v) is 7.73. The van der Waals surface area contributed by atoms with Crippen LogP contribution in [0.2, 0.25) is 0 Å². The maximum absolute atomic E-state index is 13.3. The van der Waals surface area contributed by atoms with Crippen molar-refractivity contribution in [1.82, 2.24) is 10.2 Å². The summed E-state index contributed by atoms with van der Waals surface area (Å²) in [5.74, 6) is -0.719. The molecule has 0 radical (unpaired) electrons. The number of unbranched alkanes of at least 4 members (excludes halogenated alkanes) is 1. The Morgan fingerprint density at radius 2 is 1.74 bits per heavy atom. The van der Waals surface area contributed by atoms with E-state index >= 15 is 0 Å². The van der Waals surface area contributed by atoms with Gasteiger partial charge in [0.05, 0.1) is 18.1 Å². The fourth-order valence-corrected chi connectivity index (χ4v) is 5.47. The molecule has 208 valence electrons. The molecule has 7 heteroatoms. The number of likely N-dealkylation sites (tertiary alicyclic amines) is 1. The van der Waals surface area contributed by atoms with E-state index in [0.29, 0.717) is 38.6 Å². The van der Waals surface area contributed by atoms with Gasteiger partial charge in [-0.25, -0.2) is 4.79 Å². The first-order valence-electron chi connectivity index (χ1n) is 14.1. The zero-order valence-corrected chi connectivity index (χ0v) is 23.4. The fraction of sp³-hybridized carbons (Fsp3) is 0.500. The molecule has 1 heterocycles. The van der Waals surface area contributed by atoms with E-state index in [1.165, 1.54) is 0 Å². The van der Waals surface area contributed by atoms with Crippen LogP contribution in [0.1, 0.15) is 70.4 Å². The second-order valence-corrected chi connectivity index (χ2v) is 10.6. The van der Waals surface area contributed by atoms with Crippen molar-refractivity contribution in [3.63, 3.8) is 0 Å². The summed E-state index contributed by atoms with van der Waals surface area (Å²) in [6.45, 7) is 6.62. The number of hydrogen-bond donors (Lipinski definition) is 1. The molecule has 1 fully saturated rings. The minimum absolute atomic E-state index is 0.0600. The highest BCUT2D eigenvalue weighted by Gasteiger charge is 2.37. The van der Waals surface area contributed by atoms with Crippen molar-refractivity contribution < 1.29 is 19.1 Å². The summed E-state index contributed by atoms with van der Waals surface area (Å²) in [5, 5.41) is 13.0. The molecule has 0 aromatic heterocycles. The Morgan fingerprint density at radius 1 is 1.08 bits per heavy atom. The zero-order valence-electron chi connectivity index (χ0n) is 23.4. The second kappa shape index (κ2) is 14.5. The van der Waals surface area contributed by atoms with Crippen molar-refractivity contribution in [3.8, 4) is 6.07 Å². The average molecular weight is 532 g/mol.